The molecule has 0 amide bonds. The molecular formula is C26H30O6. The predicted molar refractivity (Wildman–Crippen MR) is 117 cm³/mol. The largest absolute Gasteiger partial charge is 0.504 e. The average molecular weight is 439 g/mol. The molecule has 0 spiro atoms. The maximum Gasteiger partial charge on any atom is 0.204 e. The zero-order valence-corrected chi connectivity index (χ0v) is 19.1. The van der Waals surface area contributed by atoms with Crippen molar-refractivity contribution in [2.45, 2.75) is 59.7 Å². The minimum absolute atomic E-state index is 0.187. The highest BCUT2D eigenvalue weighted by molar-refractivity contribution is 6.06. The van der Waals surface area contributed by atoms with Gasteiger partial charge in [-0.25, -0.2) is 0 Å². The second kappa shape index (κ2) is 6.12. The number of Topliss-reactive ketones (excluding diaryl/α,β-unsaturated/α-hetero) is 1. The smallest absolute Gasteiger partial charge is 0.204 e. The number of ketones is 2. The van der Waals surface area contributed by atoms with E-state index in [9.17, 15) is 24.9 Å². The maximum atomic E-state index is 14.0. The second-order valence-corrected chi connectivity index (χ2v) is 11.0. The number of carbonyl (C=O) groups is 2. The molecule has 170 valence electrons. The Morgan fingerprint density at radius 1 is 1.03 bits per heavy atom. The van der Waals surface area contributed by atoms with E-state index in [0.717, 1.165) is 16.7 Å². The first-order valence-electron chi connectivity index (χ1n) is 11.2. The molecular weight excluding hydrogens is 408 g/mol. The molecule has 6 nitrogen and oxygen atoms in total. The van der Waals surface area contributed by atoms with E-state index in [1.165, 1.54) is 6.08 Å². The molecule has 5 rings (SSSR count). The molecule has 4 aliphatic rings. The fraction of sp³-hybridized carbons (Fsp3) is 0.538. The van der Waals surface area contributed by atoms with Crippen LogP contribution in [0.15, 0.2) is 52.1 Å². The molecule has 1 aromatic heterocycles. The minimum Gasteiger partial charge on any atom is -0.504 e. The van der Waals surface area contributed by atoms with Crippen LogP contribution in [0.3, 0.4) is 0 Å². The second-order valence-electron chi connectivity index (χ2n) is 11.0. The van der Waals surface area contributed by atoms with Crippen molar-refractivity contribution in [3.8, 4) is 0 Å². The molecule has 1 saturated carbocycles. The van der Waals surface area contributed by atoms with Gasteiger partial charge in [-0.15, -0.1) is 0 Å². The fourth-order valence-electron chi connectivity index (χ4n) is 7.68. The van der Waals surface area contributed by atoms with E-state index in [4.69, 9.17) is 4.42 Å². The van der Waals surface area contributed by atoms with Gasteiger partial charge in [0, 0.05) is 22.3 Å². The van der Waals surface area contributed by atoms with Crippen LogP contribution in [-0.4, -0.2) is 39.1 Å². The van der Waals surface area contributed by atoms with Crippen molar-refractivity contribution < 1.29 is 29.3 Å². The molecule has 32 heavy (non-hydrogen) atoms. The molecule has 4 aliphatic carbocycles. The Kier molecular flexibility index (Phi) is 4.09. The lowest BCUT2D eigenvalue weighted by Crippen LogP contribution is -2.67. The molecule has 0 bridgehead atoms. The van der Waals surface area contributed by atoms with Crippen LogP contribution in [0.5, 0.6) is 0 Å². The number of aliphatic hydroxyl groups is 3. The summed E-state index contributed by atoms with van der Waals surface area (Å²) in [5.74, 6) is -1.73. The number of allylic oxidation sites excluding steroid dienone is 4. The summed E-state index contributed by atoms with van der Waals surface area (Å²) in [6.45, 7) is 8.95. The number of hydrogen-bond acceptors (Lipinski definition) is 6. The quantitative estimate of drug-likeness (QED) is 0.616. The van der Waals surface area contributed by atoms with Gasteiger partial charge in [-0.2, -0.15) is 0 Å². The Morgan fingerprint density at radius 3 is 2.34 bits per heavy atom. The van der Waals surface area contributed by atoms with Gasteiger partial charge >= 0.3 is 0 Å². The summed E-state index contributed by atoms with van der Waals surface area (Å²) in [7, 11) is 0. The van der Waals surface area contributed by atoms with E-state index in [2.05, 4.69) is 0 Å². The van der Waals surface area contributed by atoms with Crippen molar-refractivity contribution in [1.82, 2.24) is 0 Å². The number of carbonyl (C=O) groups excluding carboxylic acids is 2. The van der Waals surface area contributed by atoms with E-state index in [1.54, 1.807) is 39.4 Å². The number of rotatable bonds is 1. The zero-order valence-electron chi connectivity index (χ0n) is 19.1. The number of hydrogen-bond donors (Lipinski definition) is 3. The van der Waals surface area contributed by atoms with Gasteiger partial charge in [-0.1, -0.05) is 32.4 Å². The predicted octanol–water partition coefficient (Wildman–Crippen LogP) is 3.76. The van der Waals surface area contributed by atoms with Crippen LogP contribution in [-0.2, 0) is 9.59 Å². The van der Waals surface area contributed by atoms with E-state index < -0.39 is 51.3 Å². The zero-order chi connectivity index (χ0) is 23.4. The highest BCUT2D eigenvalue weighted by atomic mass is 16.3. The summed E-state index contributed by atoms with van der Waals surface area (Å²) >= 11 is 0. The molecule has 0 aromatic carbocycles. The number of furan rings is 1. The lowest BCUT2D eigenvalue weighted by Gasteiger charge is -2.64. The third-order valence-electron chi connectivity index (χ3n) is 9.35. The molecule has 6 heteroatoms. The fourth-order valence-corrected chi connectivity index (χ4v) is 7.68. The summed E-state index contributed by atoms with van der Waals surface area (Å²) in [6.07, 6.45) is 5.28. The molecule has 0 radical (unpaired) electrons. The third-order valence-corrected chi connectivity index (χ3v) is 9.35. The van der Waals surface area contributed by atoms with Gasteiger partial charge in [0.05, 0.1) is 35.6 Å². The highest BCUT2D eigenvalue weighted by Crippen LogP contribution is 2.72. The van der Waals surface area contributed by atoms with E-state index in [0.29, 0.717) is 18.4 Å². The number of aliphatic hydroxyl groups excluding tert-OH is 3. The van der Waals surface area contributed by atoms with Crippen molar-refractivity contribution in [2.24, 2.45) is 27.6 Å². The first kappa shape index (κ1) is 21.4. The van der Waals surface area contributed by atoms with Crippen LogP contribution in [0, 0.1) is 27.6 Å². The Labute approximate surface area is 187 Å². The molecule has 0 unspecified atom stereocenters. The van der Waals surface area contributed by atoms with Crippen molar-refractivity contribution >= 4 is 17.1 Å². The standard InChI is InChI=1S/C26H30O6/c1-23(2)17(28)6-8-24(3)20-16(27)11-15-14(13-7-9-32-12-13)10-18(29)25(15,4)26(20,5)22(31)19(30)21(23)24/h6-9,12,16,18,20,27,29-30H,10-11H2,1-5H3/t16-,18+,20+,24+,25-,26-/m0/s1. The van der Waals surface area contributed by atoms with Crippen molar-refractivity contribution in [1.29, 1.82) is 0 Å². The molecule has 1 heterocycles. The van der Waals surface area contributed by atoms with Crippen molar-refractivity contribution in [2.75, 3.05) is 0 Å². The van der Waals surface area contributed by atoms with E-state index in [-0.39, 0.29) is 5.78 Å². The van der Waals surface area contributed by atoms with E-state index >= 15 is 0 Å². The molecule has 3 N–H and O–H groups in total. The summed E-state index contributed by atoms with van der Waals surface area (Å²) in [4.78, 5) is 26.7. The summed E-state index contributed by atoms with van der Waals surface area (Å²) in [6, 6.07) is 1.82. The van der Waals surface area contributed by atoms with Crippen LogP contribution >= 0.6 is 0 Å². The van der Waals surface area contributed by atoms with Crippen LogP contribution < -0.4 is 0 Å². The first-order valence-corrected chi connectivity index (χ1v) is 11.2. The Bertz CT molecular complexity index is 1140. The van der Waals surface area contributed by atoms with Gasteiger partial charge in [0.25, 0.3) is 0 Å². The lowest BCUT2D eigenvalue weighted by molar-refractivity contribution is -0.174. The van der Waals surface area contributed by atoms with Crippen LogP contribution in [0.2, 0.25) is 0 Å². The van der Waals surface area contributed by atoms with Crippen molar-refractivity contribution in [3.63, 3.8) is 0 Å². The van der Waals surface area contributed by atoms with Gasteiger partial charge in [-0.05, 0) is 50.0 Å². The lowest BCUT2D eigenvalue weighted by atomic mass is 9.38. The number of fused-ring (bicyclic) bond motifs is 5. The third kappa shape index (κ3) is 2.13. The SMILES string of the molecule is CC1(C)C(=O)C=C[C@@]2(C)C1=C(O)C(=O)[C@]1(C)[C@@H]2[C@@H](O)CC2=C(c3ccoc3)C[C@@H](O)[C@]21C. The van der Waals surface area contributed by atoms with Crippen LogP contribution in [0.25, 0.3) is 5.57 Å². The molecule has 1 fully saturated rings. The normalized spacial score (nSPS) is 42.8. The topological polar surface area (TPSA) is 108 Å². The molecule has 0 aliphatic heterocycles. The van der Waals surface area contributed by atoms with E-state index in [1.807, 2.05) is 19.9 Å². The summed E-state index contributed by atoms with van der Waals surface area (Å²) in [5, 5.41) is 34.3. The van der Waals surface area contributed by atoms with Gasteiger partial charge in [0.1, 0.15) is 0 Å². The monoisotopic (exact) mass is 438 g/mol. The highest BCUT2D eigenvalue weighted by Gasteiger charge is 2.73. The van der Waals surface area contributed by atoms with Crippen molar-refractivity contribution in [3.05, 3.63) is 53.2 Å². The van der Waals surface area contributed by atoms with Crippen LogP contribution in [0.4, 0.5) is 0 Å². The average Bonchev–Trinajstić information content (AvgIpc) is 3.32. The minimum atomic E-state index is -1.28. The first-order chi connectivity index (χ1) is 14.8. The summed E-state index contributed by atoms with van der Waals surface area (Å²) in [5.41, 5.74) is -1.36. The van der Waals surface area contributed by atoms with Gasteiger partial charge in [-0.3, -0.25) is 9.59 Å². The molecule has 1 aromatic rings. The van der Waals surface area contributed by atoms with Crippen LogP contribution in [0.1, 0.15) is 53.0 Å². The van der Waals surface area contributed by atoms with Gasteiger partial charge < -0.3 is 19.7 Å². The summed E-state index contributed by atoms with van der Waals surface area (Å²) < 4.78 is 5.26. The Balaban J connectivity index is 1.82. The Hall–Kier alpha value is -2.44. The Morgan fingerprint density at radius 2 is 1.72 bits per heavy atom. The molecule has 6 atom stereocenters. The molecule has 0 saturated heterocycles. The van der Waals surface area contributed by atoms with Gasteiger partial charge in [0.15, 0.2) is 11.5 Å². The van der Waals surface area contributed by atoms with Gasteiger partial charge in [0.2, 0.25) is 5.78 Å². The maximum absolute atomic E-state index is 14.0.